The van der Waals surface area contributed by atoms with Crippen LogP contribution in [0.2, 0.25) is 0 Å². The van der Waals surface area contributed by atoms with E-state index < -0.39 is 22.2 Å². The monoisotopic (exact) mass is 156 g/mol. The van der Waals surface area contributed by atoms with Gasteiger partial charge in [0.1, 0.15) is 0 Å². The summed E-state index contributed by atoms with van der Waals surface area (Å²) in [7, 11) is 0. The summed E-state index contributed by atoms with van der Waals surface area (Å²) in [5.41, 5.74) is 0. The summed E-state index contributed by atoms with van der Waals surface area (Å²) in [6.45, 7) is 0. The van der Waals surface area contributed by atoms with E-state index in [4.69, 9.17) is 19.9 Å². The van der Waals surface area contributed by atoms with Crippen molar-refractivity contribution >= 4 is 17.0 Å². The molecule has 0 aliphatic heterocycles. The van der Waals surface area contributed by atoms with E-state index in [0.29, 0.717) is 0 Å². The fourth-order valence-corrected chi connectivity index (χ4v) is 0.224. The van der Waals surface area contributed by atoms with Crippen LogP contribution in [0.1, 0.15) is 0 Å². The van der Waals surface area contributed by atoms with Gasteiger partial charge in [-0.1, -0.05) is 0 Å². The van der Waals surface area contributed by atoms with Crippen molar-refractivity contribution in [2.75, 3.05) is 0 Å². The lowest BCUT2D eigenvalue weighted by molar-refractivity contribution is -0.176. The lowest BCUT2D eigenvalue weighted by atomic mass is 10.7. The Morgan fingerprint density at radius 3 is 1.78 bits per heavy atom. The number of carboxylic acid groups (broad SMARTS) is 1. The van der Waals surface area contributed by atoms with Gasteiger partial charge in [0.15, 0.2) is 0 Å². The van der Waals surface area contributed by atoms with Crippen molar-refractivity contribution in [1.29, 1.82) is 0 Å². The van der Waals surface area contributed by atoms with Gasteiger partial charge in [-0.3, -0.25) is 0 Å². The van der Waals surface area contributed by atoms with Crippen LogP contribution in [0.25, 0.3) is 0 Å². The summed E-state index contributed by atoms with van der Waals surface area (Å²) >= 11 is -3.19. The van der Waals surface area contributed by atoms with Gasteiger partial charge >= 0.3 is 11.1 Å². The van der Waals surface area contributed by atoms with E-state index in [0.717, 1.165) is 0 Å². The Balaban J connectivity index is 4.38. The highest BCUT2D eigenvalue weighted by Gasteiger charge is 2.40. The zero-order valence-corrected chi connectivity index (χ0v) is 4.83. The molecule has 0 rings (SSSR count). The zero-order valence-electron chi connectivity index (χ0n) is 4.01. The number of carboxylic acids is 1. The molecule has 0 saturated carbocycles. The molecule has 0 aliphatic carbocycles. The quantitative estimate of drug-likeness (QED) is 0.269. The van der Waals surface area contributed by atoms with Crippen molar-refractivity contribution in [1.82, 2.24) is 0 Å². The molecule has 54 valence electrons. The molecule has 0 aromatic rings. The van der Waals surface area contributed by atoms with Crippen LogP contribution in [-0.4, -0.2) is 35.2 Å². The Labute approximate surface area is 52.0 Å². The third kappa shape index (κ3) is 1.72. The predicted octanol–water partition coefficient (Wildman–Crippen LogP) is -2.07. The minimum absolute atomic E-state index is 2.16. The van der Waals surface area contributed by atoms with Gasteiger partial charge in [0, 0.05) is 0 Å². The van der Waals surface area contributed by atoms with Gasteiger partial charge in [-0.05, 0) is 0 Å². The first-order valence-corrected chi connectivity index (χ1v) is 2.79. The van der Waals surface area contributed by atoms with Crippen molar-refractivity contribution in [2.45, 2.75) is 5.12 Å². The standard InChI is InChI=1S/C2H4O6S/c3-1(4)2(5,6)9(7)8/h5-6H,(H,3,4)(H,7,8). The first kappa shape index (κ1) is 8.50. The molecular formula is C2H4O6S. The summed E-state index contributed by atoms with van der Waals surface area (Å²) in [6.07, 6.45) is 0. The molecule has 0 aliphatic rings. The van der Waals surface area contributed by atoms with Gasteiger partial charge in [0.2, 0.25) is 11.1 Å². The highest BCUT2D eigenvalue weighted by Crippen LogP contribution is 2.02. The second-order valence-electron chi connectivity index (χ2n) is 1.16. The van der Waals surface area contributed by atoms with Crippen LogP contribution in [0.4, 0.5) is 0 Å². The summed E-state index contributed by atoms with van der Waals surface area (Å²) in [6, 6.07) is 0. The maximum absolute atomic E-state index is 9.69. The number of aliphatic carboxylic acids is 1. The molecule has 0 saturated heterocycles. The van der Waals surface area contributed by atoms with Gasteiger partial charge in [0.25, 0.3) is 0 Å². The largest absolute Gasteiger partial charge is 0.476 e. The smallest absolute Gasteiger partial charge is 0.381 e. The van der Waals surface area contributed by atoms with Gasteiger partial charge in [-0.2, -0.15) is 0 Å². The van der Waals surface area contributed by atoms with Crippen molar-refractivity contribution in [3.63, 3.8) is 0 Å². The third-order valence-electron chi connectivity index (χ3n) is 0.522. The molecule has 6 nitrogen and oxygen atoms in total. The van der Waals surface area contributed by atoms with Gasteiger partial charge in [-0.15, -0.1) is 0 Å². The predicted molar refractivity (Wildman–Crippen MR) is 25.6 cm³/mol. The summed E-state index contributed by atoms with van der Waals surface area (Å²) in [5.74, 6) is -2.16. The van der Waals surface area contributed by atoms with Crippen molar-refractivity contribution in [3.05, 3.63) is 0 Å². The summed E-state index contributed by atoms with van der Waals surface area (Å²) < 4.78 is 17.5. The molecule has 0 spiro atoms. The number of hydrogen-bond donors (Lipinski definition) is 4. The average molecular weight is 156 g/mol. The number of aliphatic hydroxyl groups is 2. The molecule has 0 bridgehead atoms. The van der Waals surface area contributed by atoms with E-state index in [9.17, 15) is 9.00 Å². The molecule has 7 heteroatoms. The van der Waals surface area contributed by atoms with Crippen LogP contribution < -0.4 is 0 Å². The molecule has 0 heterocycles. The normalized spacial score (nSPS) is 15.0. The lowest BCUT2D eigenvalue weighted by Gasteiger charge is -2.09. The molecule has 9 heavy (non-hydrogen) atoms. The van der Waals surface area contributed by atoms with Crippen LogP contribution in [0.15, 0.2) is 0 Å². The van der Waals surface area contributed by atoms with Crippen LogP contribution in [0, 0.1) is 0 Å². The Morgan fingerprint density at radius 2 is 1.78 bits per heavy atom. The first-order valence-electron chi connectivity index (χ1n) is 1.68. The highest BCUT2D eigenvalue weighted by molar-refractivity contribution is 7.81. The molecule has 0 radical (unpaired) electrons. The molecule has 0 amide bonds. The van der Waals surface area contributed by atoms with E-state index in [1.807, 2.05) is 0 Å². The lowest BCUT2D eigenvalue weighted by Crippen LogP contribution is -2.42. The first-order chi connectivity index (χ1) is 3.89. The summed E-state index contributed by atoms with van der Waals surface area (Å²) in [5, 5.41) is 20.4. The maximum Gasteiger partial charge on any atom is 0.381 e. The van der Waals surface area contributed by atoms with E-state index in [1.54, 1.807) is 0 Å². The maximum atomic E-state index is 9.69. The fraction of sp³-hybridized carbons (Fsp3) is 0.500. The van der Waals surface area contributed by atoms with E-state index in [1.165, 1.54) is 0 Å². The van der Waals surface area contributed by atoms with Crippen LogP contribution in [0.5, 0.6) is 0 Å². The molecule has 0 fully saturated rings. The minimum Gasteiger partial charge on any atom is -0.476 e. The molecule has 0 aromatic heterocycles. The minimum atomic E-state index is -3.56. The van der Waals surface area contributed by atoms with Gasteiger partial charge in [-0.25, -0.2) is 9.00 Å². The Morgan fingerprint density at radius 1 is 1.44 bits per heavy atom. The molecule has 4 N–H and O–H groups in total. The van der Waals surface area contributed by atoms with E-state index >= 15 is 0 Å². The third-order valence-corrected chi connectivity index (χ3v) is 1.18. The number of carbonyl (C=O) groups is 1. The molecule has 1 atom stereocenters. The SMILES string of the molecule is O=C(O)C(O)(O)S(=O)O. The van der Waals surface area contributed by atoms with Gasteiger partial charge in [0.05, 0.1) is 0 Å². The average Bonchev–Trinajstić information content (AvgIpc) is 1.65. The zero-order chi connectivity index (χ0) is 7.65. The Hall–Kier alpha value is -0.500. The van der Waals surface area contributed by atoms with Crippen LogP contribution in [0.3, 0.4) is 0 Å². The van der Waals surface area contributed by atoms with Crippen LogP contribution in [-0.2, 0) is 15.9 Å². The Kier molecular flexibility index (Phi) is 2.26. The fourth-order valence-electron chi connectivity index (χ4n) is 0.0747. The van der Waals surface area contributed by atoms with E-state index in [-0.39, 0.29) is 0 Å². The second kappa shape index (κ2) is 2.40. The number of rotatable bonds is 2. The van der Waals surface area contributed by atoms with Crippen molar-refractivity contribution in [2.24, 2.45) is 0 Å². The van der Waals surface area contributed by atoms with Crippen LogP contribution >= 0.6 is 0 Å². The number of hydrogen-bond acceptors (Lipinski definition) is 4. The molecular weight excluding hydrogens is 152 g/mol. The Bertz CT molecular complexity index is 133. The summed E-state index contributed by atoms with van der Waals surface area (Å²) in [4.78, 5) is 9.61. The van der Waals surface area contributed by atoms with E-state index in [2.05, 4.69) is 0 Å². The van der Waals surface area contributed by atoms with Gasteiger partial charge < -0.3 is 19.9 Å². The molecule has 1 unspecified atom stereocenters. The topological polar surface area (TPSA) is 115 Å². The highest BCUT2D eigenvalue weighted by atomic mass is 32.2. The molecule has 0 aromatic carbocycles. The van der Waals surface area contributed by atoms with Crippen molar-refractivity contribution < 1.29 is 28.9 Å². The van der Waals surface area contributed by atoms with Crippen molar-refractivity contribution in [3.8, 4) is 0 Å². The second-order valence-corrected chi connectivity index (χ2v) is 2.23.